The number of fused-ring (bicyclic) bond motifs is 1. The number of carbonyl (C=O) groups excluding carboxylic acids is 1. The number of amides is 1. The van der Waals surface area contributed by atoms with Crippen LogP contribution in [-0.2, 0) is 0 Å². The van der Waals surface area contributed by atoms with Gasteiger partial charge in [0.2, 0.25) is 5.88 Å². The lowest BCUT2D eigenvalue weighted by Gasteiger charge is -2.09. The number of hydrogen-bond acceptors (Lipinski definition) is 6. The van der Waals surface area contributed by atoms with Gasteiger partial charge in [0.25, 0.3) is 5.91 Å². The van der Waals surface area contributed by atoms with Gasteiger partial charge in [-0.05, 0) is 50.2 Å². The van der Waals surface area contributed by atoms with Crippen molar-refractivity contribution in [1.82, 2.24) is 28.9 Å². The minimum absolute atomic E-state index is 0.231. The van der Waals surface area contributed by atoms with Gasteiger partial charge < -0.3 is 10.1 Å². The molecule has 0 fully saturated rings. The van der Waals surface area contributed by atoms with Gasteiger partial charge in [0.05, 0.1) is 5.69 Å². The van der Waals surface area contributed by atoms with Crippen LogP contribution in [0.5, 0.6) is 11.6 Å². The second-order valence-electron chi connectivity index (χ2n) is 7.11. The fraction of sp³-hybridized carbons (Fsp3) is 0.0870. The minimum Gasteiger partial charge on any atom is -0.439 e. The van der Waals surface area contributed by atoms with Gasteiger partial charge in [0, 0.05) is 30.3 Å². The largest absolute Gasteiger partial charge is 0.439 e. The van der Waals surface area contributed by atoms with Crippen molar-refractivity contribution in [2.45, 2.75) is 13.8 Å². The Morgan fingerprint density at radius 2 is 1.84 bits per heavy atom. The number of hydrogen-bond donors (Lipinski definition) is 1. The molecule has 0 saturated carbocycles. The third kappa shape index (κ3) is 3.67. The molecule has 0 unspecified atom stereocenters. The molecule has 1 N–H and O–H groups in total. The van der Waals surface area contributed by atoms with Crippen LogP contribution in [0, 0.1) is 13.8 Å². The van der Waals surface area contributed by atoms with E-state index in [9.17, 15) is 4.79 Å². The first-order valence-corrected chi connectivity index (χ1v) is 9.94. The summed E-state index contributed by atoms with van der Waals surface area (Å²) < 4.78 is 9.47. The predicted molar refractivity (Wildman–Crippen MR) is 118 cm³/mol. The number of carbonyl (C=O) groups is 1. The van der Waals surface area contributed by atoms with Crippen molar-refractivity contribution < 1.29 is 9.53 Å². The summed E-state index contributed by atoms with van der Waals surface area (Å²) >= 11 is 0. The normalized spacial score (nSPS) is 10.9. The maximum Gasteiger partial charge on any atom is 0.274 e. The number of pyridine rings is 1. The maximum absolute atomic E-state index is 12.8. The van der Waals surface area contributed by atoms with E-state index in [0.29, 0.717) is 34.5 Å². The quantitative estimate of drug-likeness (QED) is 0.457. The molecule has 0 saturated heterocycles. The van der Waals surface area contributed by atoms with E-state index >= 15 is 0 Å². The molecular formula is C23H19N7O2. The van der Waals surface area contributed by atoms with Gasteiger partial charge in [-0.2, -0.15) is 0 Å². The van der Waals surface area contributed by atoms with E-state index < -0.39 is 0 Å². The highest BCUT2D eigenvalue weighted by Gasteiger charge is 2.16. The SMILES string of the molecule is Cc1nc2ccccn2c1C(=O)Nc1ccc(Oc2cc(-n3ccnc3C)ncn2)cc1. The van der Waals surface area contributed by atoms with Crippen molar-refractivity contribution in [2.24, 2.45) is 0 Å². The summed E-state index contributed by atoms with van der Waals surface area (Å²) in [7, 11) is 0. The number of anilines is 1. The molecule has 0 spiro atoms. The third-order valence-electron chi connectivity index (χ3n) is 4.95. The first-order valence-electron chi connectivity index (χ1n) is 9.94. The molecule has 0 aliphatic rings. The van der Waals surface area contributed by atoms with E-state index in [-0.39, 0.29) is 5.91 Å². The van der Waals surface area contributed by atoms with Crippen LogP contribution in [0.3, 0.4) is 0 Å². The minimum atomic E-state index is -0.231. The van der Waals surface area contributed by atoms with Crippen molar-refractivity contribution in [3.63, 3.8) is 0 Å². The van der Waals surface area contributed by atoms with Crippen molar-refractivity contribution in [2.75, 3.05) is 5.32 Å². The Bertz CT molecular complexity index is 1420. The average molecular weight is 425 g/mol. The number of aromatic nitrogens is 6. The Morgan fingerprint density at radius 1 is 1.00 bits per heavy atom. The summed E-state index contributed by atoms with van der Waals surface area (Å²) in [5.74, 6) is 2.24. The highest BCUT2D eigenvalue weighted by atomic mass is 16.5. The lowest BCUT2D eigenvalue weighted by Crippen LogP contribution is -2.15. The molecule has 9 nitrogen and oxygen atoms in total. The van der Waals surface area contributed by atoms with Gasteiger partial charge in [-0.3, -0.25) is 13.8 Å². The molecule has 158 valence electrons. The van der Waals surface area contributed by atoms with Gasteiger partial charge >= 0.3 is 0 Å². The smallest absolute Gasteiger partial charge is 0.274 e. The Labute approximate surface area is 183 Å². The first-order chi connectivity index (χ1) is 15.6. The average Bonchev–Trinajstić information content (AvgIpc) is 3.37. The molecule has 4 aromatic heterocycles. The molecule has 4 heterocycles. The zero-order valence-electron chi connectivity index (χ0n) is 17.4. The van der Waals surface area contributed by atoms with Crippen LogP contribution >= 0.6 is 0 Å². The van der Waals surface area contributed by atoms with Gasteiger partial charge in [0.15, 0.2) is 0 Å². The molecule has 1 aromatic carbocycles. The lowest BCUT2D eigenvalue weighted by atomic mass is 10.2. The van der Waals surface area contributed by atoms with Crippen molar-refractivity contribution >= 4 is 17.2 Å². The summed E-state index contributed by atoms with van der Waals surface area (Å²) in [5, 5.41) is 2.91. The summed E-state index contributed by atoms with van der Waals surface area (Å²) in [4.78, 5) is 29.9. The number of ether oxygens (including phenoxy) is 1. The molecule has 1 amide bonds. The van der Waals surface area contributed by atoms with Gasteiger partial charge in [0.1, 0.15) is 35.1 Å². The topological polar surface area (TPSA) is 99.2 Å². The van der Waals surface area contributed by atoms with E-state index in [1.807, 2.05) is 49.0 Å². The second kappa shape index (κ2) is 7.95. The standard InChI is InChI=1S/C23H19N7O2/c1-15-22(30-11-4-3-5-19(30)27-15)23(31)28-17-6-8-18(9-7-17)32-21-13-20(25-14-26-21)29-12-10-24-16(29)2/h3-14H,1-2H3,(H,28,31). The van der Waals surface area contributed by atoms with Gasteiger partial charge in [-0.15, -0.1) is 0 Å². The van der Waals surface area contributed by atoms with Crippen LogP contribution in [0.2, 0.25) is 0 Å². The lowest BCUT2D eigenvalue weighted by molar-refractivity contribution is 0.102. The van der Waals surface area contributed by atoms with Crippen LogP contribution < -0.4 is 10.1 Å². The number of rotatable bonds is 5. The molecule has 0 radical (unpaired) electrons. The van der Waals surface area contributed by atoms with Crippen LogP contribution in [0.25, 0.3) is 11.5 Å². The fourth-order valence-corrected chi connectivity index (χ4v) is 3.44. The Balaban J connectivity index is 1.31. The number of benzene rings is 1. The zero-order valence-corrected chi connectivity index (χ0v) is 17.4. The first kappa shape index (κ1) is 19.4. The highest BCUT2D eigenvalue weighted by Crippen LogP contribution is 2.23. The molecule has 0 atom stereocenters. The third-order valence-corrected chi connectivity index (χ3v) is 4.95. The van der Waals surface area contributed by atoms with E-state index in [1.165, 1.54) is 6.33 Å². The van der Waals surface area contributed by atoms with Crippen molar-refractivity contribution in [1.29, 1.82) is 0 Å². The highest BCUT2D eigenvalue weighted by molar-refractivity contribution is 6.04. The fourth-order valence-electron chi connectivity index (χ4n) is 3.44. The van der Waals surface area contributed by atoms with E-state index in [2.05, 4.69) is 25.3 Å². The number of aryl methyl sites for hydroxylation is 2. The predicted octanol–water partition coefficient (Wildman–Crippen LogP) is 3.97. The van der Waals surface area contributed by atoms with Crippen LogP contribution in [0.1, 0.15) is 22.0 Å². The van der Waals surface area contributed by atoms with E-state index in [1.54, 1.807) is 40.9 Å². The Morgan fingerprint density at radius 3 is 2.62 bits per heavy atom. The van der Waals surface area contributed by atoms with E-state index in [0.717, 1.165) is 11.5 Å². The molecule has 0 bridgehead atoms. The zero-order chi connectivity index (χ0) is 22.1. The summed E-state index contributed by atoms with van der Waals surface area (Å²) in [5.41, 5.74) is 2.55. The van der Waals surface area contributed by atoms with Crippen molar-refractivity contribution in [3.05, 3.63) is 90.7 Å². The molecule has 5 rings (SSSR count). The summed E-state index contributed by atoms with van der Waals surface area (Å²) in [6, 6.07) is 14.4. The van der Waals surface area contributed by atoms with Gasteiger partial charge in [-0.1, -0.05) is 6.07 Å². The van der Waals surface area contributed by atoms with Crippen LogP contribution in [-0.4, -0.2) is 34.8 Å². The van der Waals surface area contributed by atoms with Gasteiger partial charge in [-0.25, -0.2) is 19.9 Å². The van der Waals surface area contributed by atoms with Crippen LogP contribution in [0.15, 0.2) is 73.4 Å². The van der Waals surface area contributed by atoms with E-state index in [4.69, 9.17) is 4.74 Å². The molecule has 0 aliphatic heterocycles. The van der Waals surface area contributed by atoms with Crippen LogP contribution in [0.4, 0.5) is 5.69 Å². The molecule has 5 aromatic rings. The Hall–Kier alpha value is -4.53. The molecule has 32 heavy (non-hydrogen) atoms. The summed E-state index contributed by atoms with van der Waals surface area (Å²) in [6.45, 7) is 3.71. The molecule has 9 heteroatoms. The number of imidazole rings is 2. The monoisotopic (exact) mass is 425 g/mol. The summed E-state index contributed by atoms with van der Waals surface area (Å²) in [6.07, 6.45) is 6.79. The molecular weight excluding hydrogens is 406 g/mol. The second-order valence-corrected chi connectivity index (χ2v) is 7.11. The molecule has 0 aliphatic carbocycles. The number of nitrogens with one attached hydrogen (secondary N) is 1. The Kier molecular flexibility index (Phi) is 4.83. The van der Waals surface area contributed by atoms with Crippen molar-refractivity contribution in [3.8, 4) is 17.4 Å². The maximum atomic E-state index is 12.8. The number of nitrogens with zero attached hydrogens (tertiary/aromatic N) is 6.